The zero-order valence-corrected chi connectivity index (χ0v) is 16.2. The van der Waals surface area contributed by atoms with E-state index < -0.39 is 11.9 Å². The maximum atomic E-state index is 12.4. The molecule has 0 heterocycles. The van der Waals surface area contributed by atoms with Gasteiger partial charge < -0.3 is 21.1 Å². The summed E-state index contributed by atoms with van der Waals surface area (Å²) in [7, 11) is 0. The van der Waals surface area contributed by atoms with Gasteiger partial charge in [-0.05, 0) is 56.0 Å². The van der Waals surface area contributed by atoms with Crippen LogP contribution in [0.2, 0.25) is 0 Å². The van der Waals surface area contributed by atoms with Crippen molar-refractivity contribution >= 4 is 29.3 Å². The van der Waals surface area contributed by atoms with Crippen LogP contribution >= 0.6 is 0 Å². The number of nitrogens with one attached hydrogen (secondary N) is 3. The van der Waals surface area contributed by atoms with Gasteiger partial charge >= 0.3 is 12.0 Å². The lowest BCUT2D eigenvalue weighted by molar-refractivity contribution is -0.141. The first-order valence-electron chi connectivity index (χ1n) is 9.68. The number of hydrogen-bond acceptors (Lipinski definition) is 3. The molecule has 1 unspecified atom stereocenters. The Kier molecular flexibility index (Phi) is 6.49. The second kappa shape index (κ2) is 9.23. The van der Waals surface area contributed by atoms with Crippen LogP contribution in [-0.4, -0.2) is 23.0 Å². The Hall–Kier alpha value is -3.35. The van der Waals surface area contributed by atoms with Crippen LogP contribution in [0.15, 0.2) is 54.6 Å². The first kappa shape index (κ1) is 20.4. The minimum absolute atomic E-state index is 0.106. The fourth-order valence-corrected chi connectivity index (χ4v) is 3.53. The number of aliphatic carboxylic acids is 1. The molecule has 7 nitrogen and oxygen atoms in total. The van der Waals surface area contributed by atoms with Gasteiger partial charge in [0.15, 0.2) is 0 Å². The fourth-order valence-electron chi connectivity index (χ4n) is 3.53. The number of benzene rings is 2. The third kappa shape index (κ3) is 5.57. The highest BCUT2D eigenvalue weighted by Crippen LogP contribution is 2.31. The van der Waals surface area contributed by atoms with Gasteiger partial charge in [-0.3, -0.25) is 9.59 Å². The number of hydrogen-bond donors (Lipinski definition) is 4. The van der Waals surface area contributed by atoms with Gasteiger partial charge in [-0.1, -0.05) is 30.3 Å². The van der Waals surface area contributed by atoms with Crippen molar-refractivity contribution in [2.24, 2.45) is 11.8 Å². The van der Waals surface area contributed by atoms with E-state index in [0.717, 1.165) is 5.56 Å². The van der Waals surface area contributed by atoms with E-state index in [0.29, 0.717) is 30.6 Å². The monoisotopic (exact) mass is 395 g/mol. The smallest absolute Gasteiger partial charge is 0.323 e. The van der Waals surface area contributed by atoms with Crippen molar-refractivity contribution in [2.45, 2.75) is 32.2 Å². The van der Waals surface area contributed by atoms with Crippen LogP contribution in [0.3, 0.4) is 0 Å². The molecule has 0 aromatic heterocycles. The largest absolute Gasteiger partial charge is 0.481 e. The molecule has 1 aliphatic carbocycles. The molecule has 0 radical (unpaired) electrons. The fraction of sp³-hybridized carbons (Fsp3) is 0.318. The van der Waals surface area contributed by atoms with Crippen molar-refractivity contribution in [3.63, 3.8) is 0 Å². The number of urea groups is 1. The molecule has 0 spiro atoms. The summed E-state index contributed by atoms with van der Waals surface area (Å²) in [6.45, 7) is 1.88. The minimum atomic E-state index is -0.826. The summed E-state index contributed by atoms with van der Waals surface area (Å²) in [5.41, 5.74) is 2.25. The lowest BCUT2D eigenvalue weighted by Crippen LogP contribution is -2.32. The molecule has 0 bridgehead atoms. The van der Waals surface area contributed by atoms with Gasteiger partial charge in [0, 0.05) is 17.3 Å². The number of para-hydroxylation sites is 1. The lowest BCUT2D eigenvalue weighted by Gasteiger charge is -2.18. The predicted molar refractivity (Wildman–Crippen MR) is 111 cm³/mol. The van der Waals surface area contributed by atoms with Gasteiger partial charge in [0.1, 0.15) is 0 Å². The lowest BCUT2D eigenvalue weighted by atomic mass is 10.0. The number of rotatable bonds is 6. The molecule has 2 aromatic rings. The van der Waals surface area contributed by atoms with E-state index >= 15 is 0 Å². The average Bonchev–Trinajstić information content (AvgIpc) is 3.20. The van der Waals surface area contributed by atoms with Gasteiger partial charge in [0.2, 0.25) is 5.91 Å². The Bertz CT molecular complexity index is 867. The zero-order valence-electron chi connectivity index (χ0n) is 16.2. The molecule has 3 atom stereocenters. The second-order valence-electron chi connectivity index (χ2n) is 7.34. The van der Waals surface area contributed by atoms with Gasteiger partial charge in [0.25, 0.3) is 0 Å². The number of carbonyl (C=O) groups is 3. The van der Waals surface area contributed by atoms with Crippen LogP contribution in [0.4, 0.5) is 16.2 Å². The van der Waals surface area contributed by atoms with Crippen LogP contribution in [0, 0.1) is 11.8 Å². The topological polar surface area (TPSA) is 108 Å². The van der Waals surface area contributed by atoms with Crippen LogP contribution in [0.5, 0.6) is 0 Å². The molecule has 3 rings (SSSR count). The first-order valence-corrected chi connectivity index (χ1v) is 9.68. The molecule has 0 aliphatic heterocycles. The summed E-state index contributed by atoms with van der Waals surface area (Å²) >= 11 is 0. The highest BCUT2D eigenvalue weighted by Gasteiger charge is 2.34. The maximum Gasteiger partial charge on any atom is 0.323 e. The van der Waals surface area contributed by atoms with Crippen LogP contribution in [-0.2, 0) is 9.59 Å². The van der Waals surface area contributed by atoms with E-state index in [-0.39, 0.29) is 23.9 Å². The highest BCUT2D eigenvalue weighted by atomic mass is 16.4. The Labute approximate surface area is 169 Å². The molecule has 1 aliphatic rings. The minimum Gasteiger partial charge on any atom is -0.481 e. The van der Waals surface area contributed by atoms with E-state index in [9.17, 15) is 14.4 Å². The van der Waals surface area contributed by atoms with Crippen molar-refractivity contribution in [3.8, 4) is 0 Å². The summed E-state index contributed by atoms with van der Waals surface area (Å²) in [6, 6.07) is 15.9. The van der Waals surface area contributed by atoms with Crippen molar-refractivity contribution in [1.29, 1.82) is 0 Å². The number of carboxylic acids is 1. The van der Waals surface area contributed by atoms with Gasteiger partial charge in [-0.15, -0.1) is 0 Å². The number of anilines is 2. The Morgan fingerprint density at radius 2 is 1.48 bits per heavy atom. The van der Waals surface area contributed by atoms with E-state index in [2.05, 4.69) is 16.0 Å². The maximum absolute atomic E-state index is 12.4. The summed E-state index contributed by atoms with van der Waals surface area (Å²) in [4.78, 5) is 35.5. The molecule has 1 fully saturated rings. The first-order chi connectivity index (χ1) is 13.9. The summed E-state index contributed by atoms with van der Waals surface area (Å²) in [5.74, 6) is -1.60. The normalized spacial score (nSPS) is 19.2. The van der Waals surface area contributed by atoms with Gasteiger partial charge in [-0.25, -0.2) is 4.79 Å². The highest BCUT2D eigenvalue weighted by molar-refractivity contribution is 5.99. The molecular formula is C22H25N3O4. The number of amides is 3. The van der Waals surface area contributed by atoms with Crippen LogP contribution < -0.4 is 16.0 Å². The Morgan fingerprint density at radius 3 is 2.07 bits per heavy atom. The Morgan fingerprint density at radius 1 is 0.897 bits per heavy atom. The molecule has 2 aromatic carbocycles. The molecule has 3 amide bonds. The van der Waals surface area contributed by atoms with Crippen molar-refractivity contribution in [2.75, 3.05) is 10.6 Å². The summed E-state index contributed by atoms with van der Waals surface area (Å²) in [5, 5.41) is 17.5. The van der Waals surface area contributed by atoms with E-state index in [1.165, 1.54) is 0 Å². The predicted octanol–water partition coefficient (Wildman–Crippen LogP) is 4.01. The third-order valence-electron chi connectivity index (χ3n) is 5.21. The molecule has 0 saturated heterocycles. The average molecular weight is 395 g/mol. The summed E-state index contributed by atoms with van der Waals surface area (Å²) < 4.78 is 0. The Balaban J connectivity index is 1.51. The standard InChI is InChI=1S/C22H25N3O4/c1-14(23-20(26)16-7-8-17(13-16)21(27)28)15-9-11-19(12-10-15)25-22(29)24-18-5-3-2-4-6-18/h2-6,9-12,14,16-17H,7-8,13H2,1H3,(H,23,26)(H,27,28)(H2,24,25,29)/t14?,16-,17+/m1/s1. The van der Waals surface area contributed by atoms with Gasteiger partial charge in [-0.2, -0.15) is 0 Å². The molecule has 4 N–H and O–H groups in total. The number of carboxylic acid groups (broad SMARTS) is 1. The number of carbonyl (C=O) groups excluding carboxylic acids is 2. The molecular weight excluding hydrogens is 370 g/mol. The van der Waals surface area contributed by atoms with Gasteiger partial charge in [0.05, 0.1) is 12.0 Å². The molecule has 29 heavy (non-hydrogen) atoms. The SMILES string of the molecule is CC(NC(=O)[C@@H]1CC[C@H](C(=O)O)C1)c1ccc(NC(=O)Nc2ccccc2)cc1. The van der Waals surface area contributed by atoms with Crippen LogP contribution in [0.25, 0.3) is 0 Å². The third-order valence-corrected chi connectivity index (χ3v) is 5.21. The van der Waals surface area contributed by atoms with Crippen molar-refractivity contribution < 1.29 is 19.5 Å². The quantitative estimate of drug-likeness (QED) is 0.593. The van der Waals surface area contributed by atoms with Crippen LogP contribution in [0.1, 0.15) is 37.8 Å². The van der Waals surface area contributed by atoms with E-state index in [4.69, 9.17) is 5.11 Å². The van der Waals surface area contributed by atoms with E-state index in [1.54, 1.807) is 24.3 Å². The molecule has 1 saturated carbocycles. The molecule has 7 heteroatoms. The van der Waals surface area contributed by atoms with E-state index in [1.807, 2.05) is 37.3 Å². The van der Waals surface area contributed by atoms with Crippen molar-refractivity contribution in [1.82, 2.24) is 5.32 Å². The van der Waals surface area contributed by atoms with Crippen molar-refractivity contribution in [3.05, 3.63) is 60.2 Å². The second-order valence-corrected chi connectivity index (χ2v) is 7.34. The summed E-state index contributed by atoms with van der Waals surface area (Å²) in [6.07, 6.45) is 1.55. The zero-order chi connectivity index (χ0) is 20.8. The molecule has 152 valence electrons.